The van der Waals surface area contributed by atoms with Gasteiger partial charge in [0.05, 0.1) is 12.3 Å². The van der Waals surface area contributed by atoms with Gasteiger partial charge in [0.25, 0.3) is 5.91 Å². The SMILES string of the molecule is N#CCC(=O)N/N=C\c1ccc(OCc2ccc(Br)cc2Br)cc1. The van der Waals surface area contributed by atoms with E-state index in [0.717, 1.165) is 25.8 Å². The Balaban J connectivity index is 1.89. The summed E-state index contributed by atoms with van der Waals surface area (Å²) in [7, 11) is 0. The molecule has 7 heteroatoms. The predicted molar refractivity (Wildman–Crippen MR) is 98.6 cm³/mol. The minimum atomic E-state index is -0.436. The van der Waals surface area contributed by atoms with Crippen molar-refractivity contribution in [3.63, 3.8) is 0 Å². The molecule has 2 aromatic rings. The molecule has 2 rings (SSSR count). The Hall–Kier alpha value is -2.17. The highest BCUT2D eigenvalue weighted by Gasteiger charge is 2.02. The Kier molecular flexibility index (Phi) is 6.97. The molecule has 24 heavy (non-hydrogen) atoms. The Morgan fingerprint density at radius 2 is 2.00 bits per heavy atom. The van der Waals surface area contributed by atoms with Gasteiger partial charge in [-0.3, -0.25) is 4.79 Å². The molecule has 0 saturated heterocycles. The number of ether oxygens (including phenoxy) is 1. The van der Waals surface area contributed by atoms with Crippen molar-refractivity contribution < 1.29 is 9.53 Å². The van der Waals surface area contributed by atoms with Gasteiger partial charge in [-0.05, 0) is 42.0 Å². The Morgan fingerprint density at radius 1 is 1.25 bits per heavy atom. The fraction of sp³-hybridized carbons (Fsp3) is 0.118. The predicted octanol–water partition coefficient (Wildman–Crippen LogP) is 4.15. The van der Waals surface area contributed by atoms with Gasteiger partial charge in [-0.25, -0.2) is 5.43 Å². The molecule has 0 saturated carbocycles. The molecule has 0 fully saturated rings. The molecule has 0 aliphatic carbocycles. The van der Waals surface area contributed by atoms with E-state index in [4.69, 9.17) is 10.00 Å². The van der Waals surface area contributed by atoms with Crippen LogP contribution in [0.1, 0.15) is 17.5 Å². The van der Waals surface area contributed by atoms with Crippen LogP contribution in [0.5, 0.6) is 5.75 Å². The lowest BCUT2D eigenvalue weighted by Gasteiger charge is -2.08. The van der Waals surface area contributed by atoms with Gasteiger partial charge in [-0.2, -0.15) is 10.4 Å². The molecule has 0 bridgehead atoms. The second kappa shape index (κ2) is 9.21. The monoisotopic (exact) mass is 449 g/mol. The summed E-state index contributed by atoms with van der Waals surface area (Å²) in [6, 6.07) is 15.0. The average molecular weight is 451 g/mol. The molecule has 2 aromatic carbocycles. The van der Waals surface area contributed by atoms with Crippen LogP contribution in [0.2, 0.25) is 0 Å². The lowest BCUT2D eigenvalue weighted by molar-refractivity contribution is -0.120. The number of carbonyl (C=O) groups excluding carboxylic acids is 1. The summed E-state index contributed by atoms with van der Waals surface area (Å²) < 4.78 is 7.73. The van der Waals surface area contributed by atoms with Crippen molar-refractivity contribution in [3.05, 3.63) is 62.5 Å². The second-order valence-electron chi connectivity index (χ2n) is 4.72. The van der Waals surface area contributed by atoms with Crippen LogP contribution in [0.25, 0.3) is 0 Å². The lowest BCUT2D eigenvalue weighted by atomic mass is 10.2. The third-order valence-corrected chi connectivity index (χ3v) is 4.16. The number of hydrogen-bond acceptors (Lipinski definition) is 4. The van der Waals surface area contributed by atoms with Crippen LogP contribution in [-0.2, 0) is 11.4 Å². The quantitative estimate of drug-likeness (QED) is 0.530. The fourth-order valence-electron chi connectivity index (χ4n) is 1.74. The number of amides is 1. The zero-order chi connectivity index (χ0) is 17.4. The summed E-state index contributed by atoms with van der Waals surface area (Å²) in [6.07, 6.45) is 1.29. The van der Waals surface area contributed by atoms with Crippen molar-refractivity contribution in [2.24, 2.45) is 5.10 Å². The lowest BCUT2D eigenvalue weighted by Crippen LogP contribution is -2.16. The second-order valence-corrected chi connectivity index (χ2v) is 6.49. The minimum Gasteiger partial charge on any atom is -0.489 e. The van der Waals surface area contributed by atoms with E-state index >= 15 is 0 Å². The van der Waals surface area contributed by atoms with E-state index in [1.165, 1.54) is 6.21 Å². The summed E-state index contributed by atoms with van der Waals surface area (Å²) in [5, 5.41) is 12.1. The first kappa shape index (κ1) is 18.2. The van der Waals surface area contributed by atoms with E-state index in [1.807, 2.05) is 42.5 Å². The first-order chi connectivity index (χ1) is 11.6. The van der Waals surface area contributed by atoms with Gasteiger partial charge in [-0.1, -0.05) is 37.9 Å². The van der Waals surface area contributed by atoms with Crippen LogP contribution < -0.4 is 10.2 Å². The fourth-order valence-corrected chi connectivity index (χ4v) is 2.90. The normalized spacial score (nSPS) is 10.4. The van der Waals surface area contributed by atoms with Crippen LogP contribution >= 0.6 is 31.9 Å². The summed E-state index contributed by atoms with van der Waals surface area (Å²) in [4.78, 5) is 11.1. The van der Waals surface area contributed by atoms with E-state index in [1.54, 1.807) is 6.07 Å². The maximum absolute atomic E-state index is 11.1. The maximum atomic E-state index is 11.1. The van der Waals surface area contributed by atoms with E-state index in [2.05, 4.69) is 42.4 Å². The van der Waals surface area contributed by atoms with Gasteiger partial charge in [0, 0.05) is 14.5 Å². The molecule has 0 spiro atoms. The van der Waals surface area contributed by atoms with E-state index in [-0.39, 0.29) is 6.42 Å². The van der Waals surface area contributed by atoms with Crippen molar-refractivity contribution in [2.45, 2.75) is 13.0 Å². The van der Waals surface area contributed by atoms with E-state index in [9.17, 15) is 4.79 Å². The van der Waals surface area contributed by atoms with Gasteiger partial charge in [-0.15, -0.1) is 0 Å². The Labute approximate surface area is 156 Å². The highest BCUT2D eigenvalue weighted by molar-refractivity contribution is 9.11. The van der Waals surface area contributed by atoms with Gasteiger partial charge in [0.2, 0.25) is 0 Å². The topological polar surface area (TPSA) is 74.5 Å². The number of benzene rings is 2. The largest absolute Gasteiger partial charge is 0.489 e. The van der Waals surface area contributed by atoms with Crippen molar-refractivity contribution in [1.82, 2.24) is 5.43 Å². The molecule has 0 atom stereocenters. The van der Waals surface area contributed by atoms with Crippen molar-refractivity contribution in [2.75, 3.05) is 0 Å². The summed E-state index contributed by atoms with van der Waals surface area (Å²) in [6.45, 7) is 0.450. The number of carbonyl (C=O) groups is 1. The minimum absolute atomic E-state index is 0.213. The smallest absolute Gasteiger partial charge is 0.254 e. The van der Waals surface area contributed by atoms with Crippen molar-refractivity contribution in [3.8, 4) is 11.8 Å². The molecule has 0 unspecified atom stereocenters. The van der Waals surface area contributed by atoms with Crippen LogP contribution in [0.15, 0.2) is 56.5 Å². The van der Waals surface area contributed by atoms with E-state index in [0.29, 0.717) is 6.61 Å². The van der Waals surface area contributed by atoms with Crippen molar-refractivity contribution in [1.29, 1.82) is 5.26 Å². The van der Waals surface area contributed by atoms with Crippen molar-refractivity contribution >= 4 is 44.0 Å². The number of nitrogens with one attached hydrogen (secondary N) is 1. The number of hydrogen-bond donors (Lipinski definition) is 1. The number of nitrogens with zero attached hydrogens (tertiary/aromatic N) is 2. The summed E-state index contributed by atoms with van der Waals surface area (Å²) in [5.41, 5.74) is 4.13. The first-order valence-electron chi connectivity index (χ1n) is 6.94. The van der Waals surface area contributed by atoms with Gasteiger partial charge >= 0.3 is 0 Å². The first-order valence-corrected chi connectivity index (χ1v) is 8.53. The zero-order valence-electron chi connectivity index (χ0n) is 12.5. The third-order valence-electron chi connectivity index (χ3n) is 2.93. The highest BCUT2D eigenvalue weighted by atomic mass is 79.9. The molecular formula is C17H13Br2N3O2. The molecule has 122 valence electrons. The molecule has 1 amide bonds. The van der Waals surface area contributed by atoms with Gasteiger partial charge < -0.3 is 4.74 Å². The van der Waals surface area contributed by atoms with Crippen LogP contribution in [0.4, 0.5) is 0 Å². The van der Waals surface area contributed by atoms with Crippen LogP contribution in [0, 0.1) is 11.3 Å². The Bertz CT molecular complexity index is 783. The molecular weight excluding hydrogens is 438 g/mol. The Morgan fingerprint density at radius 3 is 2.67 bits per heavy atom. The maximum Gasteiger partial charge on any atom is 0.254 e. The molecule has 0 radical (unpaired) electrons. The number of hydrazone groups is 1. The third kappa shape index (κ3) is 5.80. The number of rotatable bonds is 6. The molecule has 1 N–H and O–H groups in total. The van der Waals surface area contributed by atoms with Gasteiger partial charge in [0.1, 0.15) is 18.8 Å². The molecule has 0 aliphatic rings. The zero-order valence-corrected chi connectivity index (χ0v) is 15.7. The number of nitriles is 1. The summed E-state index contributed by atoms with van der Waals surface area (Å²) in [5.74, 6) is 0.296. The molecule has 0 aromatic heterocycles. The van der Waals surface area contributed by atoms with E-state index < -0.39 is 5.91 Å². The average Bonchev–Trinajstić information content (AvgIpc) is 2.55. The number of halogens is 2. The standard InChI is InChI=1S/C17H13Br2N3O2/c18-14-4-3-13(16(19)9-14)11-24-15-5-1-12(2-6-15)10-21-22-17(23)7-8-20/h1-6,9-10H,7,11H2,(H,22,23)/b21-10-. The summed E-state index contributed by atoms with van der Waals surface area (Å²) >= 11 is 6.91. The molecule has 5 nitrogen and oxygen atoms in total. The highest BCUT2D eigenvalue weighted by Crippen LogP contribution is 2.23. The van der Waals surface area contributed by atoms with Gasteiger partial charge in [0.15, 0.2) is 0 Å². The molecule has 0 aliphatic heterocycles. The van der Waals surface area contributed by atoms with Crippen LogP contribution in [0.3, 0.4) is 0 Å². The van der Waals surface area contributed by atoms with Crippen LogP contribution in [-0.4, -0.2) is 12.1 Å². The molecule has 0 heterocycles.